The maximum absolute atomic E-state index is 12.1. The highest BCUT2D eigenvalue weighted by atomic mass is 32.2. The number of aromatic nitrogens is 1. The van der Waals surface area contributed by atoms with Crippen molar-refractivity contribution in [1.29, 1.82) is 0 Å². The van der Waals surface area contributed by atoms with E-state index in [1.54, 1.807) is 30.3 Å². The van der Waals surface area contributed by atoms with Crippen molar-refractivity contribution in [1.82, 2.24) is 4.98 Å². The third-order valence-corrected chi connectivity index (χ3v) is 5.75. The van der Waals surface area contributed by atoms with E-state index in [1.807, 2.05) is 6.07 Å². The van der Waals surface area contributed by atoms with Gasteiger partial charge in [-0.25, -0.2) is 13.4 Å². The van der Waals surface area contributed by atoms with E-state index >= 15 is 0 Å². The quantitative estimate of drug-likeness (QED) is 0.654. The van der Waals surface area contributed by atoms with Crippen LogP contribution in [0, 0.1) is 0 Å². The number of nitrogens with one attached hydrogen (secondary N) is 1. The van der Waals surface area contributed by atoms with Crippen LogP contribution in [0.15, 0.2) is 53.4 Å². The van der Waals surface area contributed by atoms with Gasteiger partial charge in [0.15, 0.2) is 20.8 Å². The fourth-order valence-corrected chi connectivity index (χ4v) is 4.01. The molecule has 0 unspecified atom stereocenters. The van der Waals surface area contributed by atoms with Crippen LogP contribution in [-0.4, -0.2) is 31.3 Å². The molecular formula is C18H16N2O4S2. The van der Waals surface area contributed by atoms with Gasteiger partial charge in [0.1, 0.15) is 0 Å². The average Bonchev–Trinajstić information content (AvgIpc) is 3.01. The maximum atomic E-state index is 12.1. The van der Waals surface area contributed by atoms with Crippen molar-refractivity contribution < 1.29 is 18.0 Å². The highest BCUT2D eigenvalue weighted by Crippen LogP contribution is 2.28. The summed E-state index contributed by atoms with van der Waals surface area (Å²) >= 11 is 1.19. The Balaban J connectivity index is 1.65. The Morgan fingerprint density at radius 2 is 1.81 bits per heavy atom. The number of carbonyl (C=O) groups is 2. The van der Waals surface area contributed by atoms with Crippen LogP contribution in [-0.2, 0) is 14.6 Å². The summed E-state index contributed by atoms with van der Waals surface area (Å²) in [6, 6.07) is 13.4. The minimum atomic E-state index is -3.30. The first-order chi connectivity index (χ1) is 12.3. The number of fused-ring (bicyclic) bond motifs is 1. The summed E-state index contributed by atoms with van der Waals surface area (Å²) in [5.74, 6) is -0.403. The van der Waals surface area contributed by atoms with Crippen LogP contribution < -0.4 is 5.32 Å². The lowest BCUT2D eigenvalue weighted by molar-refractivity contribution is -0.116. The zero-order chi connectivity index (χ0) is 18.7. The first-order valence-corrected chi connectivity index (χ1v) is 10.5. The number of hydrogen-bond donors (Lipinski definition) is 1. The van der Waals surface area contributed by atoms with Gasteiger partial charge in [-0.1, -0.05) is 41.7 Å². The predicted molar refractivity (Wildman–Crippen MR) is 101 cm³/mol. The molecule has 3 aromatic rings. The van der Waals surface area contributed by atoms with E-state index < -0.39 is 9.84 Å². The van der Waals surface area contributed by atoms with Crippen molar-refractivity contribution in [3.8, 4) is 0 Å². The second-order valence-electron chi connectivity index (χ2n) is 5.76. The minimum absolute atomic E-state index is 0.0538. The van der Waals surface area contributed by atoms with E-state index in [2.05, 4.69) is 10.3 Å². The molecule has 0 spiro atoms. The summed E-state index contributed by atoms with van der Waals surface area (Å²) in [4.78, 5) is 28.6. The maximum Gasteiger partial charge on any atom is 0.226 e. The molecule has 0 aliphatic rings. The van der Waals surface area contributed by atoms with Crippen molar-refractivity contribution >= 4 is 48.2 Å². The molecule has 3 rings (SSSR count). The molecule has 0 bridgehead atoms. The molecule has 1 aromatic heterocycles. The third kappa shape index (κ3) is 4.33. The lowest BCUT2D eigenvalue weighted by atomic mass is 10.1. The van der Waals surface area contributed by atoms with Gasteiger partial charge in [-0.15, -0.1) is 0 Å². The van der Waals surface area contributed by atoms with Crippen molar-refractivity contribution in [3.05, 3.63) is 54.1 Å². The van der Waals surface area contributed by atoms with E-state index in [1.165, 1.54) is 23.5 Å². The number of thiazole rings is 1. The highest BCUT2D eigenvalue weighted by Gasteiger charge is 2.13. The van der Waals surface area contributed by atoms with E-state index in [0.717, 1.165) is 6.26 Å². The molecule has 6 nitrogen and oxygen atoms in total. The van der Waals surface area contributed by atoms with Crippen LogP contribution in [0.5, 0.6) is 0 Å². The van der Waals surface area contributed by atoms with Crippen LogP contribution in [0.3, 0.4) is 0 Å². The van der Waals surface area contributed by atoms with Gasteiger partial charge in [-0.05, 0) is 18.2 Å². The van der Waals surface area contributed by atoms with Crippen molar-refractivity contribution in [3.63, 3.8) is 0 Å². The lowest BCUT2D eigenvalue weighted by Crippen LogP contribution is -2.13. The first kappa shape index (κ1) is 18.2. The van der Waals surface area contributed by atoms with Gasteiger partial charge >= 0.3 is 0 Å². The van der Waals surface area contributed by atoms with Gasteiger partial charge in [0, 0.05) is 24.7 Å². The van der Waals surface area contributed by atoms with Crippen LogP contribution in [0.2, 0.25) is 0 Å². The molecule has 134 valence electrons. The van der Waals surface area contributed by atoms with Crippen LogP contribution >= 0.6 is 11.3 Å². The van der Waals surface area contributed by atoms with Gasteiger partial charge in [0.2, 0.25) is 5.91 Å². The molecule has 0 radical (unpaired) electrons. The molecular weight excluding hydrogens is 372 g/mol. The number of sulfone groups is 1. The number of carbonyl (C=O) groups excluding carboxylic acids is 2. The molecule has 2 aromatic carbocycles. The fourth-order valence-electron chi connectivity index (χ4n) is 2.37. The number of Topliss-reactive ketones (excluding diaryl/α,β-unsaturated/α-hetero) is 1. The number of anilines is 1. The number of nitrogens with zero attached hydrogens (tertiary/aromatic N) is 1. The molecule has 0 aliphatic carbocycles. The lowest BCUT2D eigenvalue weighted by Gasteiger charge is -2.01. The monoisotopic (exact) mass is 388 g/mol. The molecule has 0 fully saturated rings. The number of ketones is 1. The molecule has 26 heavy (non-hydrogen) atoms. The summed E-state index contributed by atoms with van der Waals surface area (Å²) in [6.07, 6.45) is 1.30. The first-order valence-electron chi connectivity index (χ1n) is 7.82. The van der Waals surface area contributed by atoms with Gasteiger partial charge in [0.25, 0.3) is 0 Å². The zero-order valence-electron chi connectivity index (χ0n) is 13.9. The molecule has 0 saturated carbocycles. The summed E-state index contributed by atoms with van der Waals surface area (Å²) < 4.78 is 23.9. The van der Waals surface area contributed by atoms with Crippen LogP contribution in [0.1, 0.15) is 23.2 Å². The van der Waals surface area contributed by atoms with Crippen LogP contribution in [0.4, 0.5) is 5.13 Å². The second kappa shape index (κ2) is 7.35. The Hall–Kier alpha value is -2.58. The van der Waals surface area contributed by atoms with Gasteiger partial charge in [-0.2, -0.15) is 0 Å². The van der Waals surface area contributed by atoms with Crippen molar-refractivity contribution in [2.45, 2.75) is 17.7 Å². The molecule has 0 atom stereocenters. The number of amides is 1. The zero-order valence-corrected chi connectivity index (χ0v) is 15.6. The summed E-state index contributed by atoms with van der Waals surface area (Å²) in [5, 5.41) is 3.04. The standard InChI is InChI=1S/C18H16N2O4S2/c1-26(23,24)13-7-8-14-16(11-13)25-18(19-14)20-17(22)10-9-15(21)12-5-3-2-4-6-12/h2-8,11H,9-10H2,1H3,(H,19,20,22). The normalized spacial score (nSPS) is 11.4. The van der Waals surface area contributed by atoms with E-state index in [0.29, 0.717) is 20.9 Å². The molecule has 1 amide bonds. The molecule has 1 N–H and O–H groups in total. The largest absolute Gasteiger partial charge is 0.302 e. The van der Waals surface area contributed by atoms with Crippen molar-refractivity contribution in [2.24, 2.45) is 0 Å². The number of hydrogen-bond acceptors (Lipinski definition) is 6. The SMILES string of the molecule is CS(=O)(=O)c1ccc2nc(NC(=O)CCC(=O)c3ccccc3)sc2c1. The second-order valence-corrected chi connectivity index (χ2v) is 8.80. The summed E-state index contributed by atoms with van der Waals surface area (Å²) in [6.45, 7) is 0. The Morgan fingerprint density at radius 3 is 2.50 bits per heavy atom. The molecule has 8 heteroatoms. The Bertz CT molecular complexity index is 1070. The van der Waals surface area contributed by atoms with Gasteiger partial charge in [-0.3, -0.25) is 9.59 Å². The number of benzene rings is 2. The third-order valence-electron chi connectivity index (χ3n) is 3.71. The Kier molecular flexibility index (Phi) is 5.15. The fraction of sp³-hybridized carbons (Fsp3) is 0.167. The van der Waals surface area contributed by atoms with Crippen LogP contribution in [0.25, 0.3) is 10.2 Å². The van der Waals surface area contributed by atoms with E-state index in [9.17, 15) is 18.0 Å². The van der Waals surface area contributed by atoms with E-state index in [4.69, 9.17) is 0 Å². The highest BCUT2D eigenvalue weighted by molar-refractivity contribution is 7.90. The summed E-state index contributed by atoms with van der Waals surface area (Å²) in [5.41, 5.74) is 1.19. The van der Waals surface area contributed by atoms with Gasteiger partial charge in [0.05, 0.1) is 15.1 Å². The smallest absolute Gasteiger partial charge is 0.226 e. The predicted octanol–water partition coefficient (Wildman–Crippen LogP) is 3.30. The topological polar surface area (TPSA) is 93.2 Å². The number of rotatable bonds is 6. The van der Waals surface area contributed by atoms with Gasteiger partial charge < -0.3 is 5.32 Å². The Labute approximate surface area is 154 Å². The molecule has 0 aliphatic heterocycles. The Morgan fingerprint density at radius 1 is 1.08 bits per heavy atom. The molecule has 1 heterocycles. The summed E-state index contributed by atoms with van der Waals surface area (Å²) in [7, 11) is -3.30. The van der Waals surface area contributed by atoms with Crippen molar-refractivity contribution in [2.75, 3.05) is 11.6 Å². The molecule has 0 saturated heterocycles. The van der Waals surface area contributed by atoms with E-state index in [-0.39, 0.29) is 29.4 Å². The average molecular weight is 388 g/mol. The minimum Gasteiger partial charge on any atom is -0.302 e.